The molecule has 0 spiro atoms. The number of esters is 1. The zero-order chi connectivity index (χ0) is 14.7. The largest absolute Gasteiger partial charge is 0.457 e. The van der Waals surface area contributed by atoms with Gasteiger partial charge in [0.1, 0.15) is 12.4 Å². The summed E-state index contributed by atoms with van der Waals surface area (Å²) >= 11 is 5.64. The lowest BCUT2D eigenvalue weighted by Crippen LogP contribution is -2.09. The van der Waals surface area contributed by atoms with Crippen LogP contribution in [0.3, 0.4) is 0 Å². The van der Waals surface area contributed by atoms with Crippen LogP contribution in [-0.2, 0) is 11.3 Å². The van der Waals surface area contributed by atoms with Gasteiger partial charge in [0.05, 0.1) is 10.6 Å². The third kappa shape index (κ3) is 3.00. The summed E-state index contributed by atoms with van der Waals surface area (Å²) in [4.78, 5) is 11.8. The Bertz CT molecular complexity index is 662. The summed E-state index contributed by atoms with van der Waals surface area (Å²) in [6.07, 6.45) is 0. The van der Waals surface area contributed by atoms with Gasteiger partial charge in [-0.25, -0.2) is 9.18 Å². The van der Waals surface area contributed by atoms with Crippen molar-refractivity contribution in [3.63, 3.8) is 0 Å². The highest BCUT2D eigenvalue weighted by atomic mass is 35.5. The molecule has 4 nitrogen and oxygen atoms in total. The molecule has 0 aromatic heterocycles. The van der Waals surface area contributed by atoms with Crippen molar-refractivity contribution >= 4 is 28.9 Å². The summed E-state index contributed by atoms with van der Waals surface area (Å²) in [6.45, 7) is -0.227. The van der Waals surface area contributed by atoms with Gasteiger partial charge in [-0.05, 0) is 24.3 Å². The van der Waals surface area contributed by atoms with Crippen LogP contribution in [0.2, 0.25) is 5.02 Å². The van der Waals surface area contributed by atoms with E-state index in [-0.39, 0.29) is 28.4 Å². The van der Waals surface area contributed by atoms with Crippen LogP contribution in [0.5, 0.6) is 0 Å². The van der Waals surface area contributed by atoms with Crippen molar-refractivity contribution in [1.82, 2.24) is 0 Å². The van der Waals surface area contributed by atoms with E-state index >= 15 is 0 Å². The van der Waals surface area contributed by atoms with Crippen LogP contribution in [0.25, 0.3) is 0 Å². The first-order valence-electron chi connectivity index (χ1n) is 5.74. The van der Waals surface area contributed by atoms with Gasteiger partial charge in [-0.3, -0.25) is 0 Å². The van der Waals surface area contributed by atoms with Crippen molar-refractivity contribution < 1.29 is 13.9 Å². The van der Waals surface area contributed by atoms with E-state index in [1.54, 1.807) is 6.07 Å². The Kier molecular flexibility index (Phi) is 4.10. The fourth-order valence-corrected chi connectivity index (χ4v) is 1.84. The van der Waals surface area contributed by atoms with Crippen molar-refractivity contribution in [3.8, 4) is 0 Å². The van der Waals surface area contributed by atoms with Gasteiger partial charge >= 0.3 is 5.97 Å². The lowest BCUT2D eigenvalue weighted by molar-refractivity contribution is 0.0470. The molecule has 0 saturated carbocycles. The number of rotatable bonds is 3. The second-order valence-corrected chi connectivity index (χ2v) is 4.54. The number of hydrogen-bond donors (Lipinski definition) is 2. The monoisotopic (exact) mass is 294 g/mol. The molecule has 0 heterocycles. The van der Waals surface area contributed by atoms with Crippen LogP contribution in [0, 0.1) is 5.82 Å². The number of ether oxygens (including phenoxy) is 1. The molecule has 0 aliphatic carbocycles. The van der Waals surface area contributed by atoms with Crippen molar-refractivity contribution in [2.75, 3.05) is 11.5 Å². The highest BCUT2D eigenvalue weighted by Gasteiger charge is 2.13. The van der Waals surface area contributed by atoms with Crippen molar-refractivity contribution in [3.05, 3.63) is 58.4 Å². The van der Waals surface area contributed by atoms with Crippen molar-refractivity contribution in [1.29, 1.82) is 0 Å². The first-order chi connectivity index (χ1) is 9.49. The molecule has 0 unspecified atom stereocenters. The summed E-state index contributed by atoms with van der Waals surface area (Å²) in [5.74, 6) is -1.26. The highest BCUT2D eigenvalue weighted by molar-refractivity contribution is 6.30. The topological polar surface area (TPSA) is 78.3 Å². The fourth-order valence-electron chi connectivity index (χ4n) is 1.65. The maximum atomic E-state index is 13.6. The molecule has 104 valence electrons. The number of carbonyl (C=O) groups is 1. The van der Waals surface area contributed by atoms with Gasteiger partial charge in [0, 0.05) is 16.9 Å². The minimum Gasteiger partial charge on any atom is -0.457 e. The lowest BCUT2D eigenvalue weighted by atomic mass is 10.1. The average Bonchev–Trinajstić information content (AvgIpc) is 2.40. The molecule has 4 N–H and O–H groups in total. The van der Waals surface area contributed by atoms with E-state index in [4.69, 9.17) is 27.8 Å². The van der Waals surface area contributed by atoms with Crippen LogP contribution in [0.4, 0.5) is 15.8 Å². The lowest BCUT2D eigenvalue weighted by Gasteiger charge is -2.08. The molecule has 0 aliphatic rings. The number of hydrogen-bond acceptors (Lipinski definition) is 4. The smallest absolute Gasteiger partial charge is 0.340 e. The summed E-state index contributed by atoms with van der Waals surface area (Å²) < 4.78 is 18.6. The molecular weight excluding hydrogens is 283 g/mol. The maximum absolute atomic E-state index is 13.6. The molecule has 0 atom stereocenters. The molecule has 6 heteroatoms. The molecule has 0 aliphatic heterocycles. The molecule has 0 radical (unpaired) electrons. The van der Waals surface area contributed by atoms with E-state index < -0.39 is 11.8 Å². The van der Waals surface area contributed by atoms with Crippen LogP contribution >= 0.6 is 11.6 Å². The number of benzene rings is 2. The van der Waals surface area contributed by atoms with E-state index in [1.165, 1.54) is 30.3 Å². The van der Waals surface area contributed by atoms with Gasteiger partial charge < -0.3 is 16.2 Å². The maximum Gasteiger partial charge on any atom is 0.340 e. The summed E-state index contributed by atoms with van der Waals surface area (Å²) in [7, 11) is 0. The van der Waals surface area contributed by atoms with E-state index in [2.05, 4.69) is 0 Å². The van der Waals surface area contributed by atoms with Crippen LogP contribution in [0.15, 0.2) is 36.4 Å². The third-order valence-corrected chi connectivity index (χ3v) is 2.98. The molecule has 2 aromatic carbocycles. The van der Waals surface area contributed by atoms with Gasteiger partial charge in [0.15, 0.2) is 0 Å². The number of nitrogen functional groups attached to an aromatic ring is 2. The predicted molar refractivity (Wildman–Crippen MR) is 75.8 cm³/mol. The summed E-state index contributed by atoms with van der Waals surface area (Å²) in [6, 6.07) is 8.93. The number of carbonyl (C=O) groups excluding carboxylic acids is 1. The number of anilines is 2. The Hall–Kier alpha value is -2.27. The molecule has 0 amide bonds. The van der Waals surface area contributed by atoms with Gasteiger partial charge in [-0.2, -0.15) is 0 Å². The van der Waals surface area contributed by atoms with Gasteiger partial charge in [0.2, 0.25) is 0 Å². The number of nitrogens with two attached hydrogens (primary N) is 2. The molecule has 0 fully saturated rings. The van der Waals surface area contributed by atoms with Crippen LogP contribution < -0.4 is 11.5 Å². The average molecular weight is 295 g/mol. The van der Waals surface area contributed by atoms with E-state index in [9.17, 15) is 9.18 Å². The first kappa shape index (κ1) is 14.1. The quantitative estimate of drug-likeness (QED) is 0.674. The zero-order valence-electron chi connectivity index (χ0n) is 10.4. The first-order valence-corrected chi connectivity index (χ1v) is 6.12. The van der Waals surface area contributed by atoms with Crippen molar-refractivity contribution in [2.24, 2.45) is 0 Å². The standard InChI is InChI=1S/C14H12ClFN2O2/c15-11-3-1-2-8(13(11)16)7-20-14(19)10-5-4-9(17)6-12(10)18/h1-6H,7,17-18H2. The van der Waals surface area contributed by atoms with Crippen LogP contribution in [-0.4, -0.2) is 5.97 Å². The van der Waals surface area contributed by atoms with Crippen molar-refractivity contribution in [2.45, 2.75) is 6.61 Å². The SMILES string of the molecule is Nc1ccc(C(=O)OCc2cccc(Cl)c2F)c(N)c1. The second kappa shape index (κ2) is 5.79. The molecule has 0 saturated heterocycles. The Labute approximate surface area is 120 Å². The van der Waals surface area contributed by atoms with E-state index in [0.29, 0.717) is 5.69 Å². The van der Waals surface area contributed by atoms with Gasteiger partial charge in [0.25, 0.3) is 0 Å². The zero-order valence-corrected chi connectivity index (χ0v) is 11.2. The molecule has 2 rings (SSSR count). The molecule has 0 bridgehead atoms. The Morgan fingerprint density at radius 2 is 2.00 bits per heavy atom. The highest BCUT2D eigenvalue weighted by Crippen LogP contribution is 2.20. The minimum atomic E-state index is -0.651. The van der Waals surface area contributed by atoms with Crippen LogP contribution in [0.1, 0.15) is 15.9 Å². The molecule has 20 heavy (non-hydrogen) atoms. The molecule has 2 aromatic rings. The normalized spacial score (nSPS) is 10.3. The Morgan fingerprint density at radius 1 is 1.25 bits per heavy atom. The minimum absolute atomic E-state index is 0.0226. The predicted octanol–water partition coefficient (Wildman–Crippen LogP) is 3.00. The van der Waals surface area contributed by atoms with E-state index in [1.807, 2.05) is 0 Å². The Morgan fingerprint density at radius 3 is 2.70 bits per heavy atom. The third-order valence-electron chi connectivity index (χ3n) is 2.69. The summed E-state index contributed by atoms with van der Waals surface area (Å²) in [5.41, 5.74) is 12.2. The second-order valence-electron chi connectivity index (χ2n) is 4.14. The fraction of sp³-hybridized carbons (Fsp3) is 0.0714. The van der Waals surface area contributed by atoms with Gasteiger partial charge in [-0.1, -0.05) is 23.7 Å². The Balaban J connectivity index is 2.11. The summed E-state index contributed by atoms with van der Waals surface area (Å²) in [5, 5.41) is -0.0226. The van der Waals surface area contributed by atoms with E-state index in [0.717, 1.165) is 0 Å². The number of halogens is 2. The van der Waals surface area contributed by atoms with Gasteiger partial charge in [-0.15, -0.1) is 0 Å². The molecular formula is C14H12ClFN2O2.